The monoisotopic (exact) mass is 680 g/mol. The van der Waals surface area contributed by atoms with E-state index in [1.807, 2.05) is 30.3 Å². The highest BCUT2D eigenvalue weighted by Gasteiger charge is 2.21. The molecule has 0 saturated carbocycles. The standard InChI is InChI=1S/C52H37N/c1-3-17-38(18-4-1)39-33-35-43(36-34-39)53(44-24-15-23-42(37-44)47-31-16-22-41-21-7-8-25-45(41)47)52-32-14-13-30-51(52)50-29-12-11-28-49(50)48-27-10-9-26-46(48)40-19-5-2-6-20-40/h1-37H/i1D,3D,4D,17D,18D. The molecule has 0 spiro atoms. The van der Waals surface area contributed by atoms with Crippen molar-refractivity contribution < 1.29 is 6.85 Å². The summed E-state index contributed by atoms with van der Waals surface area (Å²) in [6.45, 7) is 0. The molecule has 0 heterocycles. The van der Waals surface area contributed by atoms with E-state index >= 15 is 0 Å². The van der Waals surface area contributed by atoms with Crippen molar-refractivity contribution in [1.82, 2.24) is 0 Å². The number of hydrogen-bond acceptors (Lipinski definition) is 1. The highest BCUT2D eigenvalue weighted by atomic mass is 15.1. The average Bonchev–Trinajstić information content (AvgIpc) is 3.29. The summed E-state index contributed by atoms with van der Waals surface area (Å²) in [7, 11) is 0. The number of nitrogens with zero attached hydrogens (tertiary/aromatic N) is 1. The van der Waals surface area contributed by atoms with Crippen molar-refractivity contribution in [3.63, 3.8) is 0 Å². The second-order valence-corrected chi connectivity index (χ2v) is 12.9. The first-order chi connectivity index (χ1) is 28.4. The van der Waals surface area contributed by atoms with Gasteiger partial charge in [-0.3, -0.25) is 0 Å². The molecule has 0 aliphatic rings. The summed E-state index contributed by atoms with van der Waals surface area (Å²) >= 11 is 0. The zero-order valence-electron chi connectivity index (χ0n) is 33.9. The normalized spacial score (nSPS) is 12.3. The lowest BCUT2D eigenvalue weighted by Crippen LogP contribution is -2.11. The number of hydrogen-bond donors (Lipinski definition) is 0. The minimum absolute atomic E-state index is 0.175. The lowest BCUT2D eigenvalue weighted by molar-refractivity contribution is 1.28. The van der Waals surface area contributed by atoms with Gasteiger partial charge < -0.3 is 4.90 Å². The van der Waals surface area contributed by atoms with Crippen LogP contribution in [-0.2, 0) is 0 Å². The molecule has 0 unspecified atom stereocenters. The molecular weight excluding hydrogens is 639 g/mol. The zero-order valence-corrected chi connectivity index (χ0v) is 28.9. The van der Waals surface area contributed by atoms with E-state index in [0.29, 0.717) is 5.56 Å². The smallest absolute Gasteiger partial charge is 0.0629 e. The summed E-state index contributed by atoms with van der Waals surface area (Å²) in [6.07, 6.45) is 0. The molecule has 0 N–H and O–H groups in total. The third-order valence-electron chi connectivity index (χ3n) is 9.78. The van der Waals surface area contributed by atoms with Gasteiger partial charge in [-0.15, -0.1) is 0 Å². The van der Waals surface area contributed by atoms with Crippen molar-refractivity contribution in [2.24, 2.45) is 0 Å². The first-order valence-corrected chi connectivity index (χ1v) is 17.8. The van der Waals surface area contributed by atoms with Gasteiger partial charge in [-0.05, 0) is 91.2 Å². The summed E-state index contributed by atoms with van der Waals surface area (Å²) in [5.41, 5.74) is 12.3. The maximum atomic E-state index is 8.64. The molecule has 0 saturated heterocycles. The summed E-state index contributed by atoms with van der Waals surface area (Å²) < 4.78 is 42.0. The van der Waals surface area contributed by atoms with Crippen LogP contribution >= 0.6 is 0 Å². The first-order valence-electron chi connectivity index (χ1n) is 20.3. The molecule has 0 aliphatic carbocycles. The van der Waals surface area contributed by atoms with E-state index in [1.165, 1.54) is 10.8 Å². The Hall–Kier alpha value is -6.96. The highest BCUT2D eigenvalue weighted by Crippen LogP contribution is 2.46. The molecule has 0 atom stereocenters. The molecule has 1 heteroatoms. The van der Waals surface area contributed by atoms with Crippen LogP contribution in [0.25, 0.3) is 66.4 Å². The van der Waals surface area contributed by atoms with E-state index in [0.717, 1.165) is 61.6 Å². The van der Waals surface area contributed by atoms with Gasteiger partial charge in [0.25, 0.3) is 0 Å². The zero-order chi connectivity index (χ0) is 39.8. The number of para-hydroxylation sites is 1. The fourth-order valence-electron chi connectivity index (χ4n) is 7.33. The van der Waals surface area contributed by atoms with Crippen LogP contribution in [0.5, 0.6) is 0 Å². The van der Waals surface area contributed by atoms with Crippen LogP contribution in [-0.4, -0.2) is 0 Å². The van der Waals surface area contributed by atoms with Crippen LogP contribution in [0.1, 0.15) is 6.85 Å². The highest BCUT2D eigenvalue weighted by molar-refractivity contribution is 5.99. The minimum Gasteiger partial charge on any atom is -0.310 e. The minimum atomic E-state index is -0.407. The van der Waals surface area contributed by atoms with Gasteiger partial charge >= 0.3 is 0 Å². The largest absolute Gasteiger partial charge is 0.310 e. The van der Waals surface area contributed by atoms with E-state index in [1.54, 1.807) is 0 Å². The Balaban J connectivity index is 1.25. The molecular formula is C52H37N. The van der Waals surface area contributed by atoms with Crippen LogP contribution in [0, 0.1) is 0 Å². The van der Waals surface area contributed by atoms with Crippen molar-refractivity contribution in [3.8, 4) is 55.6 Å². The number of rotatable bonds is 8. The molecule has 9 aromatic rings. The lowest BCUT2D eigenvalue weighted by atomic mass is 9.88. The van der Waals surface area contributed by atoms with E-state index in [-0.39, 0.29) is 29.7 Å². The Morgan fingerprint density at radius 1 is 0.321 bits per heavy atom. The second kappa shape index (κ2) is 14.3. The number of anilines is 3. The van der Waals surface area contributed by atoms with E-state index < -0.39 is 6.04 Å². The molecule has 250 valence electrons. The Morgan fingerprint density at radius 3 is 1.64 bits per heavy atom. The van der Waals surface area contributed by atoms with Gasteiger partial charge in [-0.25, -0.2) is 0 Å². The molecule has 0 bridgehead atoms. The summed E-state index contributed by atoms with van der Waals surface area (Å²) in [4.78, 5) is 2.25. The van der Waals surface area contributed by atoms with Crippen LogP contribution < -0.4 is 4.90 Å². The molecule has 0 amide bonds. The lowest BCUT2D eigenvalue weighted by Gasteiger charge is -2.29. The topological polar surface area (TPSA) is 3.24 Å². The third kappa shape index (κ3) is 6.30. The molecule has 0 fully saturated rings. The quantitative estimate of drug-likeness (QED) is 0.154. The fraction of sp³-hybridized carbons (Fsp3) is 0. The second-order valence-electron chi connectivity index (χ2n) is 12.9. The molecule has 9 rings (SSSR count). The van der Waals surface area contributed by atoms with Crippen LogP contribution in [0.3, 0.4) is 0 Å². The maximum Gasteiger partial charge on any atom is 0.0629 e. The number of benzene rings is 9. The summed E-state index contributed by atoms with van der Waals surface area (Å²) in [5, 5.41) is 2.34. The van der Waals surface area contributed by atoms with Crippen LogP contribution in [0.15, 0.2) is 224 Å². The van der Waals surface area contributed by atoms with Crippen molar-refractivity contribution in [2.75, 3.05) is 4.90 Å². The summed E-state index contributed by atoms with van der Waals surface area (Å²) in [5.74, 6) is 0. The van der Waals surface area contributed by atoms with Gasteiger partial charge in [-0.2, -0.15) is 0 Å². The van der Waals surface area contributed by atoms with Gasteiger partial charge in [-0.1, -0.05) is 194 Å². The van der Waals surface area contributed by atoms with Crippen LogP contribution in [0.2, 0.25) is 0 Å². The molecule has 0 radical (unpaired) electrons. The summed E-state index contributed by atoms with van der Waals surface area (Å²) in [6, 6.07) is 65.4. The first kappa shape index (κ1) is 26.8. The average molecular weight is 681 g/mol. The molecule has 9 aromatic carbocycles. The Labute approximate surface area is 318 Å². The van der Waals surface area contributed by atoms with Gasteiger partial charge in [0.15, 0.2) is 0 Å². The van der Waals surface area contributed by atoms with Crippen molar-refractivity contribution in [1.29, 1.82) is 0 Å². The Morgan fingerprint density at radius 2 is 0.868 bits per heavy atom. The molecule has 1 nitrogen and oxygen atoms in total. The maximum absolute atomic E-state index is 8.64. The van der Waals surface area contributed by atoms with Gasteiger partial charge in [0.2, 0.25) is 0 Å². The predicted octanol–water partition coefficient (Wildman–Crippen LogP) is 14.6. The van der Waals surface area contributed by atoms with Crippen molar-refractivity contribution in [2.45, 2.75) is 0 Å². The number of fused-ring (bicyclic) bond motifs is 1. The molecule has 53 heavy (non-hydrogen) atoms. The predicted molar refractivity (Wildman–Crippen MR) is 226 cm³/mol. The third-order valence-corrected chi connectivity index (χ3v) is 9.78. The van der Waals surface area contributed by atoms with Crippen molar-refractivity contribution in [3.05, 3.63) is 224 Å². The Bertz CT molecular complexity index is 2920. The van der Waals surface area contributed by atoms with E-state index in [4.69, 9.17) is 6.85 Å². The van der Waals surface area contributed by atoms with Crippen LogP contribution in [0.4, 0.5) is 17.1 Å². The van der Waals surface area contributed by atoms with Crippen molar-refractivity contribution >= 4 is 27.8 Å². The SMILES string of the molecule is [2H]c1c([2H])c([2H])c(-c2ccc(N(c3cccc(-c4cccc5ccccc45)c3)c3ccccc3-c3ccccc3-c3ccccc3-c3ccccc3)cc2)c([2H])c1[2H]. The fourth-order valence-corrected chi connectivity index (χ4v) is 7.33. The molecule has 0 aliphatic heterocycles. The molecule has 0 aromatic heterocycles. The van der Waals surface area contributed by atoms with Gasteiger partial charge in [0.05, 0.1) is 12.5 Å². The Kier molecular flexibility index (Phi) is 7.25. The van der Waals surface area contributed by atoms with Gasteiger partial charge in [0.1, 0.15) is 0 Å². The van der Waals surface area contributed by atoms with Gasteiger partial charge in [0, 0.05) is 16.9 Å². The van der Waals surface area contributed by atoms with E-state index in [9.17, 15) is 0 Å². The van der Waals surface area contributed by atoms with E-state index in [2.05, 4.69) is 169 Å².